The second-order valence-corrected chi connectivity index (χ2v) is 2.78. The maximum atomic E-state index is 12.1. The molecule has 82 valence electrons. The van der Waals surface area contributed by atoms with Crippen LogP contribution in [0.2, 0.25) is 0 Å². The molecule has 7 nitrogen and oxygen atoms in total. The first kappa shape index (κ1) is 11.4. The molecule has 1 rings (SSSR count). The molecule has 0 spiro atoms. The Bertz CT molecular complexity index is 380. The van der Waals surface area contributed by atoms with Crippen LogP contribution in [0.1, 0.15) is 16.5 Å². The van der Waals surface area contributed by atoms with Gasteiger partial charge in [-0.2, -0.15) is 4.98 Å². The number of amides is 2. The first-order valence-corrected chi connectivity index (χ1v) is 4.12. The highest BCUT2D eigenvalue weighted by Gasteiger charge is 2.15. The van der Waals surface area contributed by atoms with Gasteiger partial charge in [0.05, 0.1) is 6.54 Å². The predicted molar refractivity (Wildman–Crippen MR) is 45.4 cm³/mol. The van der Waals surface area contributed by atoms with Crippen LogP contribution in [0.4, 0.5) is 4.39 Å². The number of nitrogens with zero attached hydrogens (tertiary/aromatic N) is 2. The van der Waals surface area contributed by atoms with Gasteiger partial charge >= 0.3 is 11.8 Å². The van der Waals surface area contributed by atoms with Crippen LogP contribution < -0.4 is 11.1 Å². The lowest BCUT2D eigenvalue weighted by atomic mass is 10.5. The van der Waals surface area contributed by atoms with Gasteiger partial charge < -0.3 is 15.6 Å². The fourth-order valence-electron chi connectivity index (χ4n) is 0.669. The van der Waals surface area contributed by atoms with E-state index in [0.717, 1.165) is 0 Å². The highest BCUT2D eigenvalue weighted by Crippen LogP contribution is 1.98. The van der Waals surface area contributed by atoms with E-state index in [4.69, 9.17) is 17.3 Å². The van der Waals surface area contributed by atoms with Crippen molar-refractivity contribution in [3.05, 3.63) is 11.7 Å². The summed E-state index contributed by atoms with van der Waals surface area (Å²) in [6, 6.07) is 0. The fourth-order valence-corrected chi connectivity index (χ4v) is 0.746. The lowest BCUT2D eigenvalue weighted by Gasteiger charge is -1.99. The Morgan fingerprint density at radius 3 is 2.80 bits per heavy atom. The zero-order chi connectivity index (χ0) is 11.4. The van der Waals surface area contributed by atoms with Crippen molar-refractivity contribution in [2.45, 2.75) is 12.2 Å². The lowest BCUT2D eigenvalue weighted by molar-refractivity contribution is -0.123. The number of nitrogens with two attached hydrogens (primary N) is 1. The molecule has 1 aromatic heterocycles. The molecule has 1 aromatic rings. The third kappa shape index (κ3) is 3.17. The van der Waals surface area contributed by atoms with Gasteiger partial charge in [-0.25, -0.2) is 4.39 Å². The molecule has 3 N–H and O–H groups in total. The largest absolute Gasteiger partial charge is 0.361 e. The SMILES string of the molecule is NC(=O)c1nc(CNC(=O)C(F)Cl)no1. The lowest BCUT2D eigenvalue weighted by Crippen LogP contribution is -2.28. The molecule has 0 saturated carbocycles. The third-order valence-corrected chi connectivity index (χ3v) is 1.50. The number of primary amides is 1. The van der Waals surface area contributed by atoms with E-state index in [1.807, 2.05) is 0 Å². The van der Waals surface area contributed by atoms with Gasteiger partial charge in [-0.1, -0.05) is 16.8 Å². The van der Waals surface area contributed by atoms with Gasteiger partial charge in [0.2, 0.25) is 0 Å². The third-order valence-electron chi connectivity index (χ3n) is 1.30. The molecule has 1 unspecified atom stereocenters. The molecule has 0 bridgehead atoms. The minimum Gasteiger partial charge on any atom is -0.361 e. The van der Waals surface area contributed by atoms with Gasteiger partial charge in [0.25, 0.3) is 11.5 Å². The number of hydrogen-bond donors (Lipinski definition) is 2. The number of halogens is 2. The summed E-state index contributed by atoms with van der Waals surface area (Å²) in [4.78, 5) is 24.7. The van der Waals surface area contributed by atoms with E-state index in [-0.39, 0.29) is 18.3 Å². The molecular formula is C6H6ClFN4O3. The normalized spacial score (nSPS) is 12.1. The number of carbonyl (C=O) groups excluding carboxylic acids is 2. The van der Waals surface area contributed by atoms with E-state index in [1.165, 1.54) is 0 Å². The number of carbonyl (C=O) groups is 2. The molecule has 1 atom stereocenters. The number of alkyl halides is 2. The zero-order valence-electron chi connectivity index (χ0n) is 7.24. The summed E-state index contributed by atoms with van der Waals surface area (Å²) >= 11 is 4.83. The van der Waals surface area contributed by atoms with Crippen LogP contribution in [0.25, 0.3) is 0 Å². The van der Waals surface area contributed by atoms with Gasteiger partial charge in [-0.05, 0) is 0 Å². The van der Waals surface area contributed by atoms with Crippen LogP contribution in [0.15, 0.2) is 4.52 Å². The maximum Gasteiger partial charge on any atom is 0.315 e. The molecule has 15 heavy (non-hydrogen) atoms. The van der Waals surface area contributed by atoms with Crippen molar-refractivity contribution in [3.8, 4) is 0 Å². The average Bonchev–Trinajstić information content (AvgIpc) is 2.62. The van der Waals surface area contributed by atoms with Gasteiger partial charge in [-0.3, -0.25) is 9.59 Å². The van der Waals surface area contributed by atoms with Gasteiger partial charge in [0.15, 0.2) is 5.82 Å². The van der Waals surface area contributed by atoms with Crippen LogP contribution in [0.5, 0.6) is 0 Å². The van der Waals surface area contributed by atoms with Crippen molar-refractivity contribution < 1.29 is 18.5 Å². The average molecular weight is 237 g/mol. The van der Waals surface area contributed by atoms with E-state index in [2.05, 4.69) is 20.0 Å². The summed E-state index contributed by atoms with van der Waals surface area (Å²) in [6.07, 6.45) is 0. The van der Waals surface area contributed by atoms with Crippen molar-refractivity contribution in [3.63, 3.8) is 0 Å². The summed E-state index contributed by atoms with van der Waals surface area (Å²) in [5.74, 6) is -2.31. The number of nitrogens with one attached hydrogen (secondary N) is 1. The maximum absolute atomic E-state index is 12.1. The van der Waals surface area contributed by atoms with Crippen molar-refractivity contribution in [1.29, 1.82) is 0 Å². The summed E-state index contributed by atoms with van der Waals surface area (Å²) < 4.78 is 16.6. The van der Waals surface area contributed by atoms with Crippen LogP contribution in [0, 0.1) is 0 Å². The molecule has 0 aliphatic heterocycles. The van der Waals surface area contributed by atoms with Crippen molar-refractivity contribution in [1.82, 2.24) is 15.5 Å². The van der Waals surface area contributed by atoms with E-state index >= 15 is 0 Å². The van der Waals surface area contributed by atoms with Crippen LogP contribution in [0.3, 0.4) is 0 Å². The van der Waals surface area contributed by atoms with E-state index < -0.39 is 17.4 Å². The first-order valence-electron chi connectivity index (χ1n) is 3.69. The predicted octanol–water partition coefficient (Wildman–Crippen LogP) is -0.681. The quantitative estimate of drug-likeness (QED) is 0.673. The Labute approximate surface area is 87.8 Å². The molecule has 1 heterocycles. The summed E-state index contributed by atoms with van der Waals surface area (Å²) in [5, 5.41) is 5.37. The molecule has 0 aromatic carbocycles. The fraction of sp³-hybridized carbons (Fsp3) is 0.333. The van der Waals surface area contributed by atoms with E-state index in [1.54, 1.807) is 0 Å². The molecular weight excluding hydrogens is 231 g/mol. The Morgan fingerprint density at radius 1 is 1.67 bits per heavy atom. The van der Waals surface area contributed by atoms with Crippen molar-refractivity contribution in [2.24, 2.45) is 5.73 Å². The minimum atomic E-state index is -2.15. The van der Waals surface area contributed by atoms with Gasteiger partial charge in [0.1, 0.15) is 0 Å². The molecule has 0 radical (unpaired) electrons. The molecule has 0 aliphatic rings. The number of rotatable bonds is 4. The highest BCUT2D eigenvalue weighted by molar-refractivity contribution is 6.29. The molecule has 2 amide bonds. The molecule has 9 heteroatoms. The molecule has 0 aliphatic carbocycles. The van der Waals surface area contributed by atoms with Gasteiger partial charge in [-0.15, -0.1) is 0 Å². The summed E-state index contributed by atoms with van der Waals surface area (Å²) in [5.41, 5.74) is 2.68. The topological polar surface area (TPSA) is 111 Å². The Hall–Kier alpha value is -1.70. The Kier molecular flexibility index (Phi) is 3.56. The van der Waals surface area contributed by atoms with E-state index in [0.29, 0.717) is 0 Å². The highest BCUT2D eigenvalue weighted by atomic mass is 35.5. The monoisotopic (exact) mass is 236 g/mol. The van der Waals surface area contributed by atoms with Crippen LogP contribution in [-0.4, -0.2) is 27.6 Å². The minimum absolute atomic E-state index is 0.00512. The summed E-state index contributed by atoms with van der Waals surface area (Å²) in [6.45, 7) is -0.206. The van der Waals surface area contributed by atoms with Gasteiger partial charge in [0, 0.05) is 0 Å². The Morgan fingerprint density at radius 2 is 2.33 bits per heavy atom. The molecule has 0 fully saturated rings. The number of aromatic nitrogens is 2. The standard InChI is InChI=1S/C6H6ClFN4O3/c7-3(8)5(14)10-1-2-11-6(4(9)13)15-12-2/h3H,1H2,(H2,9,13)(H,10,14). The second-order valence-electron chi connectivity index (χ2n) is 2.40. The number of hydrogen-bond acceptors (Lipinski definition) is 5. The van der Waals surface area contributed by atoms with Crippen LogP contribution in [-0.2, 0) is 11.3 Å². The van der Waals surface area contributed by atoms with Crippen molar-refractivity contribution >= 4 is 23.4 Å². The zero-order valence-corrected chi connectivity index (χ0v) is 7.99. The van der Waals surface area contributed by atoms with Crippen molar-refractivity contribution in [2.75, 3.05) is 0 Å². The molecule has 0 saturated heterocycles. The van der Waals surface area contributed by atoms with E-state index in [9.17, 15) is 14.0 Å². The second kappa shape index (κ2) is 4.69. The first-order chi connectivity index (χ1) is 7.00. The Balaban J connectivity index is 2.51. The smallest absolute Gasteiger partial charge is 0.315 e. The summed E-state index contributed by atoms with van der Waals surface area (Å²) in [7, 11) is 0. The van der Waals surface area contributed by atoms with Crippen LogP contribution >= 0.6 is 11.6 Å².